The predicted octanol–water partition coefficient (Wildman–Crippen LogP) is 3.78. The first-order chi connectivity index (χ1) is 11.2. The van der Waals surface area contributed by atoms with Crippen LogP contribution in [0, 0.1) is 0 Å². The van der Waals surface area contributed by atoms with Crippen molar-refractivity contribution in [3.8, 4) is 0 Å². The molecule has 0 aliphatic carbocycles. The molecule has 0 bridgehead atoms. The number of allylic oxidation sites excluding steroid dienone is 1. The standard InChI is InChI=1S/C18H27N3O3/c1-12(2)15(19-6)14-11-20-16(23-14)13-7-9-21(10-8-13)17(22)24-18(3,4)5/h11,13H,1,7-10H2,2-6H3. The summed E-state index contributed by atoms with van der Waals surface area (Å²) in [5.41, 5.74) is 1.11. The number of aliphatic imine (C=N–C) groups is 1. The lowest BCUT2D eigenvalue weighted by Gasteiger charge is -2.32. The van der Waals surface area contributed by atoms with Crippen LogP contribution in [0.3, 0.4) is 0 Å². The van der Waals surface area contributed by atoms with Crippen LogP contribution < -0.4 is 0 Å². The fraction of sp³-hybridized carbons (Fsp3) is 0.611. The summed E-state index contributed by atoms with van der Waals surface area (Å²) >= 11 is 0. The fourth-order valence-electron chi connectivity index (χ4n) is 2.73. The molecule has 1 aliphatic heterocycles. The number of hydrogen-bond donors (Lipinski definition) is 0. The molecule has 0 unspecified atom stereocenters. The number of aromatic nitrogens is 1. The van der Waals surface area contributed by atoms with E-state index in [1.54, 1.807) is 18.1 Å². The van der Waals surface area contributed by atoms with Crippen LogP contribution in [0.4, 0.5) is 4.79 Å². The van der Waals surface area contributed by atoms with Gasteiger partial charge in [0, 0.05) is 26.1 Å². The molecular formula is C18H27N3O3. The molecular weight excluding hydrogens is 306 g/mol. The second kappa shape index (κ2) is 7.20. The molecule has 1 saturated heterocycles. The van der Waals surface area contributed by atoms with Crippen LogP contribution in [0.1, 0.15) is 58.1 Å². The van der Waals surface area contributed by atoms with E-state index in [4.69, 9.17) is 9.15 Å². The predicted molar refractivity (Wildman–Crippen MR) is 93.6 cm³/mol. The Kier molecular flexibility index (Phi) is 5.47. The average molecular weight is 333 g/mol. The third-order valence-corrected chi connectivity index (χ3v) is 3.88. The maximum Gasteiger partial charge on any atom is 0.410 e. The quantitative estimate of drug-likeness (QED) is 0.789. The SMILES string of the molecule is C=C(C)C(=NC)c1cnc(C2CCN(C(=O)OC(C)(C)C)CC2)o1. The van der Waals surface area contributed by atoms with Crippen molar-refractivity contribution >= 4 is 11.8 Å². The van der Waals surface area contributed by atoms with Crippen LogP contribution in [0.25, 0.3) is 0 Å². The van der Waals surface area contributed by atoms with Crippen LogP contribution in [-0.4, -0.2) is 47.4 Å². The molecule has 0 atom stereocenters. The van der Waals surface area contributed by atoms with Gasteiger partial charge in [-0.05, 0) is 46.1 Å². The number of nitrogens with zero attached hydrogens (tertiary/aromatic N) is 3. The summed E-state index contributed by atoms with van der Waals surface area (Å²) in [5.74, 6) is 1.56. The summed E-state index contributed by atoms with van der Waals surface area (Å²) in [6.07, 6.45) is 3.07. The van der Waals surface area contributed by atoms with Crippen molar-refractivity contribution in [1.82, 2.24) is 9.88 Å². The number of ether oxygens (including phenoxy) is 1. The molecule has 132 valence electrons. The monoisotopic (exact) mass is 333 g/mol. The summed E-state index contributed by atoms with van der Waals surface area (Å²) in [4.78, 5) is 22.4. The summed E-state index contributed by atoms with van der Waals surface area (Å²) in [7, 11) is 1.71. The highest BCUT2D eigenvalue weighted by Gasteiger charge is 2.29. The van der Waals surface area contributed by atoms with Crippen molar-refractivity contribution in [1.29, 1.82) is 0 Å². The molecule has 2 rings (SSSR count). The lowest BCUT2D eigenvalue weighted by atomic mass is 9.97. The topological polar surface area (TPSA) is 67.9 Å². The Morgan fingerprint density at radius 1 is 1.42 bits per heavy atom. The molecule has 24 heavy (non-hydrogen) atoms. The van der Waals surface area contributed by atoms with E-state index in [-0.39, 0.29) is 12.0 Å². The minimum atomic E-state index is -0.468. The zero-order valence-corrected chi connectivity index (χ0v) is 15.3. The first-order valence-corrected chi connectivity index (χ1v) is 8.28. The first-order valence-electron chi connectivity index (χ1n) is 8.28. The summed E-state index contributed by atoms with van der Waals surface area (Å²) in [6, 6.07) is 0. The maximum atomic E-state index is 12.1. The molecule has 0 saturated carbocycles. The number of likely N-dealkylation sites (tertiary alicyclic amines) is 1. The number of rotatable bonds is 3. The van der Waals surface area contributed by atoms with Gasteiger partial charge in [0.1, 0.15) is 11.3 Å². The van der Waals surface area contributed by atoms with Gasteiger partial charge in [-0.2, -0.15) is 0 Å². The van der Waals surface area contributed by atoms with Gasteiger partial charge in [-0.3, -0.25) is 4.99 Å². The molecule has 2 heterocycles. The van der Waals surface area contributed by atoms with Crippen molar-refractivity contribution in [2.45, 2.75) is 52.1 Å². The highest BCUT2D eigenvalue weighted by molar-refractivity contribution is 6.09. The van der Waals surface area contributed by atoms with Gasteiger partial charge in [0.2, 0.25) is 0 Å². The molecule has 1 amide bonds. The van der Waals surface area contributed by atoms with Gasteiger partial charge in [-0.1, -0.05) is 6.58 Å². The highest BCUT2D eigenvalue weighted by Crippen LogP contribution is 2.29. The van der Waals surface area contributed by atoms with Crippen LogP contribution in [0.2, 0.25) is 0 Å². The zero-order valence-electron chi connectivity index (χ0n) is 15.3. The largest absolute Gasteiger partial charge is 0.444 e. The molecule has 1 aliphatic rings. The molecule has 6 heteroatoms. The van der Waals surface area contributed by atoms with E-state index in [1.807, 2.05) is 27.7 Å². The van der Waals surface area contributed by atoms with E-state index >= 15 is 0 Å². The first kappa shape index (κ1) is 18.2. The average Bonchev–Trinajstić information content (AvgIpc) is 2.95. The van der Waals surface area contributed by atoms with Gasteiger partial charge in [-0.15, -0.1) is 0 Å². The molecule has 0 spiro atoms. The Hall–Kier alpha value is -2.11. The van der Waals surface area contributed by atoms with Crippen LogP contribution in [-0.2, 0) is 4.74 Å². The normalized spacial score (nSPS) is 17.0. The Bertz CT molecular complexity index is 632. The number of hydrogen-bond acceptors (Lipinski definition) is 5. The van der Waals surface area contributed by atoms with Gasteiger partial charge in [0.15, 0.2) is 11.7 Å². The maximum absolute atomic E-state index is 12.1. The minimum absolute atomic E-state index is 0.209. The van der Waals surface area contributed by atoms with E-state index in [2.05, 4.69) is 16.6 Å². The van der Waals surface area contributed by atoms with Crippen molar-refractivity contribution in [3.05, 3.63) is 30.0 Å². The third-order valence-electron chi connectivity index (χ3n) is 3.88. The fourth-order valence-corrected chi connectivity index (χ4v) is 2.73. The summed E-state index contributed by atoms with van der Waals surface area (Å²) in [6.45, 7) is 12.7. The summed E-state index contributed by atoms with van der Waals surface area (Å²) < 4.78 is 11.3. The minimum Gasteiger partial charge on any atom is -0.444 e. The molecule has 0 radical (unpaired) electrons. The Morgan fingerprint density at radius 3 is 2.54 bits per heavy atom. The van der Waals surface area contributed by atoms with Crippen molar-refractivity contribution in [2.24, 2.45) is 4.99 Å². The van der Waals surface area contributed by atoms with Gasteiger partial charge >= 0.3 is 6.09 Å². The van der Waals surface area contributed by atoms with Crippen LogP contribution >= 0.6 is 0 Å². The molecule has 1 fully saturated rings. The summed E-state index contributed by atoms with van der Waals surface area (Å²) in [5, 5.41) is 0. The van der Waals surface area contributed by atoms with Gasteiger partial charge in [-0.25, -0.2) is 9.78 Å². The third kappa shape index (κ3) is 4.46. The van der Waals surface area contributed by atoms with E-state index in [1.165, 1.54) is 0 Å². The second-order valence-corrected chi connectivity index (χ2v) is 7.16. The highest BCUT2D eigenvalue weighted by atomic mass is 16.6. The lowest BCUT2D eigenvalue weighted by molar-refractivity contribution is 0.0199. The smallest absolute Gasteiger partial charge is 0.410 e. The van der Waals surface area contributed by atoms with E-state index in [9.17, 15) is 4.79 Å². The van der Waals surface area contributed by atoms with Crippen molar-refractivity contribution < 1.29 is 13.9 Å². The number of carbonyl (C=O) groups is 1. The Morgan fingerprint density at radius 2 is 2.04 bits per heavy atom. The number of amides is 1. The van der Waals surface area contributed by atoms with E-state index in [0.717, 1.165) is 24.1 Å². The van der Waals surface area contributed by atoms with Crippen LogP contribution in [0.5, 0.6) is 0 Å². The van der Waals surface area contributed by atoms with Gasteiger partial charge in [0.05, 0.1) is 6.20 Å². The number of carbonyl (C=O) groups excluding carboxylic acids is 1. The van der Waals surface area contributed by atoms with Gasteiger partial charge < -0.3 is 14.1 Å². The molecule has 0 N–H and O–H groups in total. The lowest BCUT2D eigenvalue weighted by Crippen LogP contribution is -2.41. The second-order valence-electron chi connectivity index (χ2n) is 7.16. The number of oxazole rings is 1. The van der Waals surface area contributed by atoms with E-state index in [0.29, 0.717) is 24.7 Å². The molecule has 1 aromatic heterocycles. The van der Waals surface area contributed by atoms with Crippen LogP contribution in [0.15, 0.2) is 27.8 Å². The Labute approximate surface area is 143 Å². The Balaban J connectivity index is 1.97. The zero-order chi connectivity index (χ0) is 17.9. The van der Waals surface area contributed by atoms with Crippen molar-refractivity contribution in [2.75, 3.05) is 20.1 Å². The van der Waals surface area contributed by atoms with Gasteiger partial charge in [0.25, 0.3) is 0 Å². The van der Waals surface area contributed by atoms with E-state index < -0.39 is 5.60 Å². The van der Waals surface area contributed by atoms with Crippen molar-refractivity contribution in [3.63, 3.8) is 0 Å². The molecule has 0 aromatic carbocycles. The molecule has 1 aromatic rings. The number of piperidine rings is 1. The molecule has 6 nitrogen and oxygen atoms in total.